The molecule has 3 N–H and O–H groups in total. The van der Waals surface area contributed by atoms with E-state index >= 15 is 0 Å². The summed E-state index contributed by atoms with van der Waals surface area (Å²) in [6.45, 7) is -0.242. The Morgan fingerprint density at radius 2 is 1.40 bits per heavy atom. The lowest BCUT2D eigenvalue weighted by molar-refractivity contribution is -0.137. The number of aromatic amines is 1. The first-order valence-electron chi connectivity index (χ1n) is 12.6. The number of Topliss-reactive ketones (excluding diaryl/α,β-unsaturated/α-hetero) is 2. The molecule has 206 valence electrons. The van der Waals surface area contributed by atoms with Crippen molar-refractivity contribution in [3.05, 3.63) is 84.1 Å². The second-order valence-corrected chi connectivity index (χ2v) is 8.97. The number of carbonyl (C=O) groups is 4. The zero-order valence-corrected chi connectivity index (χ0v) is 21.4. The lowest BCUT2D eigenvalue weighted by Gasteiger charge is -2.09. The second-order valence-electron chi connectivity index (χ2n) is 8.97. The highest BCUT2D eigenvalue weighted by atomic mass is 16.7. The molecule has 0 aliphatic rings. The molecule has 4 aromatic rings. The van der Waals surface area contributed by atoms with Crippen LogP contribution in [0.15, 0.2) is 72.8 Å². The van der Waals surface area contributed by atoms with Crippen molar-refractivity contribution in [2.75, 3.05) is 6.61 Å². The maximum Gasteiger partial charge on any atom is 0.511 e. The second kappa shape index (κ2) is 13.1. The number of rotatable bonds is 14. The van der Waals surface area contributed by atoms with E-state index in [0.29, 0.717) is 46.7 Å². The van der Waals surface area contributed by atoms with Crippen LogP contribution in [-0.4, -0.2) is 45.5 Å². The first kappa shape index (κ1) is 27.9. The van der Waals surface area contributed by atoms with Crippen LogP contribution in [0.25, 0.3) is 10.9 Å². The largest absolute Gasteiger partial charge is 0.511 e. The first-order chi connectivity index (χ1) is 19.3. The van der Waals surface area contributed by atoms with Crippen LogP contribution in [0.1, 0.15) is 41.7 Å². The smallest absolute Gasteiger partial charge is 0.486 e. The molecule has 0 amide bonds. The van der Waals surface area contributed by atoms with Gasteiger partial charge in [0.2, 0.25) is 0 Å². The minimum Gasteiger partial charge on any atom is -0.486 e. The van der Waals surface area contributed by atoms with Crippen molar-refractivity contribution in [2.24, 2.45) is 0 Å². The quantitative estimate of drug-likeness (QED) is 0.0745. The standard InChI is InChI=1S/C30H27NO9/c32-19(18-38-20-10-12-22(13-11-20)39-21-6-2-1-3-7-21)16-26-29(27(33)8-4-5-9-28(34)35)24-17-23(40-30(36)37)14-15-25(24)31-26/h1-3,6-7,10-15,17,31H,4-5,8-9,16,18H2,(H,34,35)(H,36,37). The molecule has 1 aromatic heterocycles. The molecular formula is C30H27NO9. The van der Waals surface area contributed by atoms with Crippen molar-refractivity contribution in [2.45, 2.75) is 32.1 Å². The Morgan fingerprint density at radius 3 is 2.10 bits per heavy atom. The molecular weight excluding hydrogens is 518 g/mol. The molecule has 0 radical (unpaired) electrons. The highest BCUT2D eigenvalue weighted by Crippen LogP contribution is 2.29. The number of carboxylic acid groups (broad SMARTS) is 2. The number of fused-ring (bicyclic) bond motifs is 1. The number of unbranched alkanes of at least 4 members (excludes halogenated alkanes) is 1. The van der Waals surface area contributed by atoms with Gasteiger partial charge in [0.15, 0.2) is 11.6 Å². The van der Waals surface area contributed by atoms with E-state index in [1.54, 1.807) is 30.3 Å². The van der Waals surface area contributed by atoms with Gasteiger partial charge in [-0.25, -0.2) is 4.79 Å². The summed E-state index contributed by atoms with van der Waals surface area (Å²) >= 11 is 0. The highest BCUT2D eigenvalue weighted by molar-refractivity contribution is 6.10. The Kier molecular flexibility index (Phi) is 9.14. The zero-order valence-electron chi connectivity index (χ0n) is 21.4. The predicted molar refractivity (Wildman–Crippen MR) is 145 cm³/mol. The Hall–Kier alpha value is -5.12. The molecule has 0 aliphatic heterocycles. The third-order valence-electron chi connectivity index (χ3n) is 5.95. The van der Waals surface area contributed by atoms with Gasteiger partial charge in [0, 0.05) is 35.0 Å². The van der Waals surface area contributed by atoms with Crippen molar-refractivity contribution in [3.8, 4) is 23.0 Å². The number of benzene rings is 3. The van der Waals surface area contributed by atoms with Gasteiger partial charge < -0.3 is 29.4 Å². The van der Waals surface area contributed by atoms with Crippen molar-refractivity contribution in [1.82, 2.24) is 4.98 Å². The fourth-order valence-electron chi connectivity index (χ4n) is 4.17. The number of nitrogens with one attached hydrogen (secondary N) is 1. The summed E-state index contributed by atoms with van der Waals surface area (Å²) < 4.78 is 16.1. The van der Waals surface area contributed by atoms with Gasteiger partial charge >= 0.3 is 12.1 Å². The van der Waals surface area contributed by atoms with E-state index in [4.69, 9.17) is 24.4 Å². The molecule has 0 saturated carbocycles. The lowest BCUT2D eigenvalue weighted by Crippen LogP contribution is -2.16. The van der Waals surface area contributed by atoms with E-state index in [0.717, 1.165) is 0 Å². The number of carbonyl (C=O) groups excluding carboxylic acids is 2. The summed E-state index contributed by atoms with van der Waals surface area (Å²) in [6, 6.07) is 20.5. The number of aliphatic carboxylic acids is 1. The van der Waals surface area contributed by atoms with E-state index in [1.807, 2.05) is 30.3 Å². The van der Waals surface area contributed by atoms with Crippen LogP contribution in [0.3, 0.4) is 0 Å². The minimum atomic E-state index is -1.50. The molecule has 1 heterocycles. The molecule has 0 bridgehead atoms. The topological polar surface area (TPSA) is 152 Å². The molecule has 10 heteroatoms. The fraction of sp³-hybridized carbons (Fsp3) is 0.200. The number of H-pyrrole nitrogens is 1. The maximum absolute atomic E-state index is 13.2. The van der Waals surface area contributed by atoms with Gasteiger partial charge in [-0.2, -0.15) is 0 Å². The van der Waals surface area contributed by atoms with Crippen LogP contribution >= 0.6 is 0 Å². The predicted octanol–water partition coefficient (Wildman–Crippen LogP) is 6.04. The van der Waals surface area contributed by atoms with E-state index in [-0.39, 0.29) is 48.7 Å². The van der Waals surface area contributed by atoms with Crippen molar-refractivity contribution >= 4 is 34.6 Å². The molecule has 40 heavy (non-hydrogen) atoms. The molecule has 0 fully saturated rings. The Bertz CT molecular complexity index is 1510. The van der Waals surface area contributed by atoms with Crippen LogP contribution in [0, 0.1) is 0 Å². The number of hydrogen-bond acceptors (Lipinski definition) is 7. The summed E-state index contributed by atoms with van der Waals surface area (Å²) in [5.74, 6) is 0.272. The highest BCUT2D eigenvalue weighted by Gasteiger charge is 2.21. The number of ketones is 2. The summed E-state index contributed by atoms with van der Waals surface area (Å²) in [6.07, 6.45) is -0.935. The van der Waals surface area contributed by atoms with Crippen LogP contribution in [-0.2, 0) is 16.0 Å². The molecule has 0 unspecified atom stereocenters. The molecule has 0 aliphatic carbocycles. The third-order valence-corrected chi connectivity index (χ3v) is 5.95. The number of carboxylic acids is 1. The van der Waals surface area contributed by atoms with Crippen LogP contribution in [0.4, 0.5) is 4.79 Å². The minimum absolute atomic E-state index is 0.0276. The summed E-state index contributed by atoms with van der Waals surface area (Å²) in [7, 11) is 0. The van der Waals surface area contributed by atoms with E-state index in [9.17, 15) is 19.2 Å². The van der Waals surface area contributed by atoms with Gasteiger partial charge in [0.25, 0.3) is 0 Å². The number of ether oxygens (including phenoxy) is 3. The normalized spacial score (nSPS) is 10.7. The van der Waals surface area contributed by atoms with Crippen molar-refractivity contribution in [1.29, 1.82) is 0 Å². The van der Waals surface area contributed by atoms with E-state index < -0.39 is 12.1 Å². The Balaban J connectivity index is 1.44. The van der Waals surface area contributed by atoms with Gasteiger partial charge in [-0.3, -0.25) is 14.4 Å². The Labute approximate surface area is 229 Å². The summed E-state index contributed by atoms with van der Waals surface area (Å²) in [5, 5.41) is 18.2. The monoisotopic (exact) mass is 545 g/mol. The maximum atomic E-state index is 13.2. The zero-order chi connectivity index (χ0) is 28.5. The molecule has 0 spiro atoms. The van der Waals surface area contributed by atoms with E-state index in [1.165, 1.54) is 12.1 Å². The average molecular weight is 546 g/mol. The van der Waals surface area contributed by atoms with E-state index in [2.05, 4.69) is 4.98 Å². The van der Waals surface area contributed by atoms with Gasteiger partial charge in [-0.15, -0.1) is 0 Å². The number of hydrogen-bond donors (Lipinski definition) is 3. The molecule has 0 saturated heterocycles. The van der Waals surface area contributed by atoms with Gasteiger partial charge in [-0.1, -0.05) is 18.2 Å². The lowest BCUT2D eigenvalue weighted by atomic mass is 9.99. The number of aromatic nitrogens is 1. The Morgan fingerprint density at radius 1 is 0.750 bits per heavy atom. The van der Waals surface area contributed by atoms with Crippen LogP contribution in [0.5, 0.6) is 23.0 Å². The van der Waals surface area contributed by atoms with Crippen molar-refractivity contribution < 1.29 is 43.6 Å². The van der Waals surface area contributed by atoms with Crippen molar-refractivity contribution in [3.63, 3.8) is 0 Å². The van der Waals surface area contributed by atoms with Gasteiger partial charge in [0.1, 0.15) is 29.6 Å². The molecule has 3 aromatic carbocycles. The first-order valence-corrected chi connectivity index (χ1v) is 12.6. The SMILES string of the molecule is O=C(O)CCCCC(=O)c1c(CC(=O)COc2ccc(Oc3ccccc3)cc2)[nH]c2ccc(OC(=O)O)cc12. The number of para-hydroxylation sites is 1. The third kappa shape index (κ3) is 7.70. The summed E-state index contributed by atoms with van der Waals surface area (Å²) in [5.41, 5.74) is 1.15. The van der Waals surface area contributed by atoms with Gasteiger partial charge in [-0.05, 0) is 67.4 Å². The molecule has 4 rings (SSSR count). The van der Waals surface area contributed by atoms with Crippen LogP contribution in [0.2, 0.25) is 0 Å². The molecule has 0 atom stereocenters. The average Bonchev–Trinajstić information content (AvgIpc) is 3.27. The molecule has 10 nitrogen and oxygen atoms in total. The fourth-order valence-corrected chi connectivity index (χ4v) is 4.17. The van der Waals surface area contributed by atoms with Gasteiger partial charge in [0.05, 0.1) is 6.42 Å². The van der Waals surface area contributed by atoms with Crippen LogP contribution < -0.4 is 14.2 Å². The summed E-state index contributed by atoms with van der Waals surface area (Å²) in [4.78, 5) is 50.9.